The average Bonchev–Trinajstić information content (AvgIpc) is 2.17. The summed E-state index contributed by atoms with van der Waals surface area (Å²) >= 11 is 0. The van der Waals surface area contributed by atoms with Gasteiger partial charge in [0.2, 0.25) is 0 Å². The molecule has 1 saturated carbocycles. The van der Waals surface area contributed by atoms with Crippen molar-refractivity contribution in [3.63, 3.8) is 0 Å². The maximum absolute atomic E-state index is 9.00. The monoisotopic (exact) mass is 207 g/mol. The van der Waals surface area contributed by atoms with Crippen molar-refractivity contribution in [3.8, 4) is 0 Å². The van der Waals surface area contributed by atoms with Gasteiger partial charge in [0.1, 0.15) is 5.82 Å². The SMILES string of the molecule is OCCN(Cc1ncccn1)C1CCC1. The second-order valence-corrected chi connectivity index (χ2v) is 3.94. The lowest BCUT2D eigenvalue weighted by molar-refractivity contribution is 0.0920. The van der Waals surface area contributed by atoms with Crippen molar-refractivity contribution in [1.29, 1.82) is 0 Å². The summed E-state index contributed by atoms with van der Waals surface area (Å²) in [4.78, 5) is 10.7. The van der Waals surface area contributed by atoms with Gasteiger partial charge in [0.05, 0.1) is 13.2 Å². The zero-order chi connectivity index (χ0) is 10.5. The van der Waals surface area contributed by atoms with E-state index in [9.17, 15) is 0 Å². The highest BCUT2D eigenvalue weighted by atomic mass is 16.3. The first-order valence-corrected chi connectivity index (χ1v) is 5.51. The second kappa shape index (κ2) is 5.19. The van der Waals surface area contributed by atoms with Crippen molar-refractivity contribution >= 4 is 0 Å². The molecular formula is C11H17N3O. The van der Waals surface area contributed by atoms with Crippen LogP contribution < -0.4 is 0 Å². The first-order valence-electron chi connectivity index (χ1n) is 5.51. The topological polar surface area (TPSA) is 49.2 Å². The summed E-state index contributed by atoms with van der Waals surface area (Å²) in [5.41, 5.74) is 0. The third-order valence-corrected chi connectivity index (χ3v) is 2.94. The van der Waals surface area contributed by atoms with E-state index in [0.717, 1.165) is 18.9 Å². The van der Waals surface area contributed by atoms with E-state index >= 15 is 0 Å². The van der Waals surface area contributed by atoms with Gasteiger partial charge in [0.15, 0.2) is 0 Å². The number of rotatable bonds is 5. The average molecular weight is 207 g/mol. The summed E-state index contributed by atoms with van der Waals surface area (Å²) in [6, 6.07) is 2.45. The van der Waals surface area contributed by atoms with Gasteiger partial charge >= 0.3 is 0 Å². The van der Waals surface area contributed by atoms with Gasteiger partial charge in [-0.1, -0.05) is 6.42 Å². The van der Waals surface area contributed by atoms with Crippen molar-refractivity contribution in [3.05, 3.63) is 24.3 Å². The fourth-order valence-electron chi connectivity index (χ4n) is 1.86. The molecule has 1 fully saturated rings. The van der Waals surface area contributed by atoms with Gasteiger partial charge in [-0.05, 0) is 18.9 Å². The lowest BCUT2D eigenvalue weighted by atomic mass is 9.91. The summed E-state index contributed by atoms with van der Waals surface area (Å²) in [5, 5.41) is 9.00. The summed E-state index contributed by atoms with van der Waals surface area (Å²) in [6.45, 7) is 1.69. The number of aromatic nitrogens is 2. The van der Waals surface area contributed by atoms with Crippen LogP contribution in [0.2, 0.25) is 0 Å². The normalized spacial score (nSPS) is 16.7. The van der Waals surface area contributed by atoms with E-state index in [0.29, 0.717) is 6.04 Å². The highest BCUT2D eigenvalue weighted by Crippen LogP contribution is 2.25. The number of nitrogens with zero attached hydrogens (tertiary/aromatic N) is 3. The van der Waals surface area contributed by atoms with Gasteiger partial charge in [-0.25, -0.2) is 9.97 Å². The molecule has 0 aromatic carbocycles. The van der Waals surface area contributed by atoms with Crippen molar-refractivity contribution in [2.24, 2.45) is 0 Å². The molecule has 82 valence electrons. The molecule has 1 aliphatic rings. The third kappa shape index (κ3) is 2.73. The van der Waals surface area contributed by atoms with Crippen LogP contribution in [-0.4, -0.2) is 39.2 Å². The summed E-state index contributed by atoms with van der Waals surface area (Å²) in [7, 11) is 0. The van der Waals surface area contributed by atoms with E-state index in [4.69, 9.17) is 5.11 Å². The maximum atomic E-state index is 9.00. The molecule has 0 radical (unpaired) electrons. The molecule has 0 aliphatic heterocycles. The Bertz CT molecular complexity index is 287. The van der Waals surface area contributed by atoms with E-state index in [2.05, 4.69) is 14.9 Å². The minimum Gasteiger partial charge on any atom is -0.395 e. The molecular weight excluding hydrogens is 190 g/mol. The molecule has 0 atom stereocenters. The van der Waals surface area contributed by atoms with Crippen LogP contribution >= 0.6 is 0 Å². The van der Waals surface area contributed by atoms with Gasteiger partial charge in [-0.2, -0.15) is 0 Å². The van der Waals surface area contributed by atoms with Crippen molar-refractivity contribution in [2.75, 3.05) is 13.2 Å². The quantitative estimate of drug-likeness (QED) is 0.776. The zero-order valence-electron chi connectivity index (χ0n) is 8.84. The largest absolute Gasteiger partial charge is 0.395 e. The van der Waals surface area contributed by atoms with Gasteiger partial charge in [-0.15, -0.1) is 0 Å². The molecule has 1 aliphatic carbocycles. The van der Waals surface area contributed by atoms with Crippen LogP contribution in [-0.2, 0) is 6.54 Å². The van der Waals surface area contributed by atoms with Crippen LogP contribution in [0.3, 0.4) is 0 Å². The molecule has 0 saturated heterocycles. The van der Waals surface area contributed by atoms with E-state index in [1.54, 1.807) is 12.4 Å². The van der Waals surface area contributed by atoms with E-state index in [1.807, 2.05) is 6.07 Å². The molecule has 2 rings (SSSR count). The lowest BCUT2D eigenvalue weighted by Crippen LogP contribution is -2.41. The zero-order valence-corrected chi connectivity index (χ0v) is 8.84. The van der Waals surface area contributed by atoms with Crippen LogP contribution in [0, 0.1) is 0 Å². The summed E-state index contributed by atoms with van der Waals surface area (Å²) in [6.07, 6.45) is 7.32. The highest BCUT2D eigenvalue weighted by molar-refractivity contribution is 4.90. The Morgan fingerprint density at radius 1 is 1.33 bits per heavy atom. The number of hydrogen-bond acceptors (Lipinski definition) is 4. The molecule has 15 heavy (non-hydrogen) atoms. The number of aliphatic hydroxyl groups excluding tert-OH is 1. The fourth-order valence-corrected chi connectivity index (χ4v) is 1.86. The third-order valence-electron chi connectivity index (χ3n) is 2.94. The van der Waals surface area contributed by atoms with E-state index in [1.165, 1.54) is 19.3 Å². The van der Waals surface area contributed by atoms with Gasteiger partial charge < -0.3 is 5.11 Å². The Morgan fingerprint density at radius 3 is 2.60 bits per heavy atom. The molecule has 1 N–H and O–H groups in total. The van der Waals surface area contributed by atoms with E-state index < -0.39 is 0 Å². The Hall–Kier alpha value is -1.00. The minimum absolute atomic E-state index is 0.212. The Morgan fingerprint density at radius 2 is 2.07 bits per heavy atom. The first-order chi connectivity index (χ1) is 7.40. The Kier molecular flexibility index (Phi) is 3.64. The highest BCUT2D eigenvalue weighted by Gasteiger charge is 2.24. The Labute approximate surface area is 90.0 Å². The van der Waals surface area contributed by atoms with Crippen molar-refractivity contribution in [2.45, 2.75) is 31.8 Å². The molecule has 0 unspecified atom stereocenters. The van der Waals surface area contributed by atoms with Crippen LogP contribution in [0.15, 0.2) is 18.5 Å². The Balaban J connectivity index is 1.93. The number of hydrogen-bond donors (Lipinski definition) is 1. The van der Waals surface area contributed by atoms with Crippen LogP contribution in [0.25, 0.3) is 0 Å². The standard InChI is InChI=1S/C11H17N3O/c15-8-7-14(10-3-1-4-10)9-11-12-5-2-6-13-11/h2,5-6,10,15H,1,3-4,7-9H2. The van der Waals surface area contributed by atoms with Gasteiger partial charge in [0.25, 0.3) is 0 Å². The second-order valence-electron chi connectivity index (χ2n) is 3.94. The van der Waals surface area contributed by atoms with E-state index in [-0.39, 0.29) is 6.61 Å². The van der Waals surface area contributed by atoms with Crippen LogP contribution in [0.4, 0.5) is 0 Å². The molecule has 0 amide bonds. The smallest absolute Gasteiger partial charge is 0.142 e. The molecule has 4 nitrogen and oxygen atoms in total. The minimum atomic E-state index is 0.212. The van der Waals surface area contributed by atoms with Crippen LogP contribution in [0.1, 0.15) is 25.1 Å². The lowest BCUT2D eigenvalue weighted by Gasteiger charge is -2.36. The molecule has 0 spiro atoms. The first kappa shape index (κ1) is 10.5. The van der Waals surface area contributed by atoms with Gasteiger partial charge in [0, 0.05) is 25.0 Å². The fraction of sp³-hybridized carbons (Fsp3) is 0.636. The van der Waals surface area contributed by atoms with Crippen LogP contribution in [0.5, 0.6) is 0 Å². The molecule has 1 aromatic heterocycles. The van der Waals surface area contributed by atoms with Gasteiger partial charge in [-0.3, -0.25) is 4.90 Å². The molecule has 0 bridgehead atoms. The predicted octanol–water partition coefficient (Wildman–Crippen LogP) is 0.823. The van der Waals surface area contributed by atoms with Crippen molar-refractivity contribution in [1.82, 2.24) is 14.9 Å². The predicted molar refractivity (Wildman–Crippen MR) is 57.2 cm³/mol. The summed E-state index contributed by atoms with van der Waals surface area (Å²) < 4.78 is 0. The number of aliphatic hydroxyl groups is 1. The molecule has 1 aromatic rings. The molecule has 1 heterocycles. The molecule has 4 heteroatoms. The van der Waals surface area contributed by atoms with Crippen molar-refractivity contribution < 1.29 is 5.11 Å². The summed E-state index contributed by atoms with van der Waals surface area (Å²) in [5.74, 6) is 0.845. The maximum Gasteiger partial charge on any atom is 0.142 e.